The third-order valence-electron chi connectivity index (χ3n) is 2.54. The summed E-state index contributed by atoms with van der Waals surface area (Å²) >= 11 is 0. The standard InChI is InChI=1S/C11H21NO2.H3N/c1-11(2,3)10(13)14-12-9-7-5-4-6-8-9;/h9,12H,4-8H2,1-3H3;1H3. The van der Waals surface area contributed by atoms with Crippen molar-refractivity contribution in [2.75, 3.05) is 0 Å². The van der Waals surface area contributed by atoms with Gasteiger partial charge in [-0.2, -0.15) is 5.48 Å². The molecule has 1 saturated carbocycles. The van der Waals surface area contributed by atoms with Crippen molar-refractivity contribution in [3.63, 3.8) is 0 Å². The highest BCUT2D eigenvalue weighted by Gasteiger charge is 2.24. The summed E-state index contributed by atoms with van der Waals surface area (Å²) in [5.41, 5.74) is 2.46. The van der Waals surface area contributed by atoms with E-state index in [1.165, 1.54) is 19.3 Å². The van der Waals surface area contributed by atoms with E-state index in [2.05, 4.69) is 5.48 Å². The number of hydrogen-bond acceptors (Lipinski definition) is 4. The molecule has 0 heterocycles. The molecule has 1 aliphatic rings. The van der Waals surface area contributed by atoms with Crippen molar-refractivity contribution in [3.8, 4) is 0 Å². The molecule has 0 aromatic heterocycles. The highest BCUT2D eigenvalue weighted by atomic mass is 16.7. The Labute approximate surface area is 92.3 Å². The van der Waals surface area contributed by atoms with Gasteiger partial charge in [-0.05, 0) is 33.6 Å². The minimum atomic E-state index is -0.415. The Balaban J connectivity index is 0.00000196. The third kappa shape index (κ3) is 5.14. The monoisotopic (exact) mass is 216 g/mol. The number of nitrogens with one attached hydrogen (secondary N) is 1. The molecular weight excluding hydrogens is 192 g/mol. The molecule has 0 radical (unpaired) electrons. The topological polar surface area (TPSA) is 73.3 Å². The maximum Gasteiger partial charge on any atom is 0.329 e. The van der Waals surface area contributed by atoms with Gasteiger partial charge in [0.05, 0.1) is 5.41 Å². The number of rotatable bonds is 2. The summed E-state index contributed by atoms with van der Waals surface area (Å²) in [6.07, 6.45) is 6.04. The maximum atomic E-state index is 11.4. The van der Waals surface area contributed by atoms with Gasteiger partial charge in [0.15, 0.2) is 0 Å². The van der Waals surface area contributed by atoms with Gasteiger partial charge in [0.1, 0.15) is 0 Å². The number of carbonyl (C=O) groups is 1. The average Bonchev–Trinajstić information content (AvgIpc) is 2.14. The normalized spacial score (nSPS) is 18.1. The molecule has 4 nitrogen and oxygen atoms in total. The van der Waals surface area contributed by atoms with Gasteiger partial charge in [0.2, 0.25) is 0 Å². The average molecular weight is 216 g/mol. The Morgan fingerprint density at radius 2 is 1.73 bits per heavy atom. The van der Waals surface area contributed by atoms with E-state index < -0.39 is 5.41 Å². The zero-order valence-corrected chi connectivity index (χ0v) is 10.1. The zero-order valence-electron chi connectivity index (χ0n) is 10.1. The highest BCUT2D eigenvalue weighted by Crippen LogP contribution is 2.19. The molecule has 4 N–H and O–H groups in total. The van der Waals surface area contributed by atoms with Crippen LogP contribution < -0.4 is 11.6 Å². The fraction of sp³-hybridized carbons (Fsp3) is 0.909. The summed E-state index contributed by atoms with van der Waals surface area (Å²) in [6.45, 7) is 5.58. The van der Waals surface area contributed by atoms with Gasteiger partial charge in [-0.1, -0.05) is 19.3 Å². The highest BCUT2D eigenvalue weighted by molar-refractivity contribution is 5.75. The molecule has 0 aromatic carbocycles. The number of hydroxylamine groups is 1. The fourth-order valence-corrected chi connectivity index (χ4v) is 1.51. The van der Waals surface area contributed by atoms with Crippen molar-refractivity contribution in [1.82, 2.24) is 11.6 Å². The van der Waals surface area contributed by atoms with Gasteiger partial charge < -0.3 is 11.0 Å². The van der Waals surface area contributed by atoms with E-state index >= 15 is 0 Å². The van der Waals surface area contributed by atoms with Crippen LogP contribution in [0.25, 0.3) is 0 Å². The molecule has 0 bridgehead atoms. The Morgan fingerprint density at radius 3 is 2.20 bits per heavy atom. The van der Waals surface area contributed by atoms with Gasteiger partial charge in [0, 0.05) is 6.04 Å². The summed E-state index contributed by atoms with van der Waals surface area (Å²) < 4.78 is 0. The molecule has 4 heteroatoms. The summed E-state index contributed by atoms with van der Waals surface area (Å²) in [5.74, 6) is -0.178. The molecule has 0 spiro atoms. The molecule has 1 fully saturated rings. The van der Waals surface area contributed by atoms with Crippen molar-refractivity contribution in [2.45, 2.75) is 58.9 Å². The van der Waals surface area contributed by atoms with E-state index in [4.69, 9.17) is 4.84 Å². The fourth-order valence-electron chi connectivity index (χ4n) is 1.51. The van der Waals surface area contributed by atoms with E-state index in [1.54, 1.807) is 0 Å². The predicted octanol–water partition coefficient (Wildman–Crippen LogP) is 2.57. The second-order valence-electron chi connectivity index (χ2n) is 5.09. The Kier molecular flexibility index (Phi) is 5.83. The Hall–Kier alpha value is -0.610. The first-order valence-corrected chi connectivity index (χ1v) is 5.47. The van der Waals surface area contributed by atoms with Crippen molar-refractivity contribution >= 4 is 5.97 Å². The quantitative estimate of drug-likeness (QED) is 0.696. The zero-order chi connectivity index (χ0) is 10.6. The van der Waals surface area contributed by atoms with Gasteiger partial charge >= 0.3 is 5.97 Å². The van der Waals surface area contributed by atoms with Crippen molar-refractivity contribution in [2.24, 2.45) is 5.41 Å². The minimum absolute atomic E-state index is 0. The largest absolute Gasteiger partial charge is 0.370 e. The molecule has 0 aromatic rings. The van der Waals surface area contributed by atoms with Crippen LogP contribution in [0.4, 0.5) is 0 Å². The predicted molar refractivity (Wildman–Crippen MR) is 60.6 cm³/mol. The number of carbonyl (C=O) groups excluding carboxylic acids is 1. The lowest BCUT2D eigenvalue weighted by Gasteiger charge is -2.24. The van der Waals surface area contributed by atoms with E-state index in [-0.39, 0.29) is 12.1 Å². The van der Waals surface area contributed by atoms with Crippen LogP contribution in [0.15, 0.2) is 0 Å². The molecule has 15 heavy (non-hydrogen) atoms. The summed E-state index contributed by atoms with van der Waals surface area (Å²) in [5, 5.41) is 0. The number of hydrogen-bond donors (Lipinski definition) is 2. The first-order chi connectivity index (χ1) is 6.50. The van der Waals surface area contributed by atoms with Crippen LogP contribution in [0, 0.1) is 5.41 Å². The first-order valence-electron chi connectivity index (χ1n) is 5.47. The third-order valence-corrected chi connectivity index (χ3v) is 2.54. The molecule has 0 saturated heterocycles. The van der Waals surface area contributed by atoms with Crippen LogP contribution >= 0.6 is 0 Å². The van der Waals surface area contributed by atoms with Crippen LogP contribution in [-0.4, -0.2) is 12.0 Å². The van der Waals surface area contributed by atoms with Crippen molar-refractivity contribution in [3.05, 3.63) is 0 Å². The second-order valence-corrected chi connectivity index (χ2v) is 5.09. The Morgan fingerprint density at radius 1 is 1.20 bits per heavy atom. The van der Waals surface area contributed by atoms with Gasteiger partial charge in [-0.25, -0.2) is 4.79 Å². The van der Waals surface area contributed by atoms with Crippen LogP contribution in [0.2, 0.25) is 0 Å². The van der Waals surface area contributed by atoms with Crippen LogP contribution in [0.3, 0.4) is 0 Å². The van der Waals surface area contributed by atoms with E-state index in [0.29, 0.717) is 6.04 Å². The SMILES string of the molecule is CC(C)(C)C(=O)ONC1CCCCC1.N. The van der Waals surface area contributed by atoms with Gasteiger partial charge in [-0.3, -0.25) is 0 Å². The van der Waals surface area contributed by atoms with Gasteiger partial charge in [0.25, 0.3) is 0 Å². The maximum absolute atomic E-state index is 11.4. The smallest absolute Gasteiger partial charge is 0.329 e. The lowest BCUT2D eigenvalue weighted by Crippen LogP contribution is -2.36. The van der Waals surface area contributed by atoms with Crippen molar-refractivity contribution < 1.29 is 9.63 Å². The molecular formula is C11H24N2O2. The van der Waals surface area contributed by atoms with Crippen LogP contribution in [0.1, 0.15) is 52.9 Å². The molecule has 1 rings (SSSR count). The molecule has 1 aliphatic carbocycles. The lowest BCUT2D eigenvalue weighted by atomic mass is 9.96. The molecule has 0 aliphatic heterocycles. The summed E-state index contributed by atoms with van der Waals surface area (Å²) in [6, 6.07) is 0.370. The van der Waals surface area contributed by atoms with E-state index in [1.807, 2.05) is 20.8 Å². The molecule has 0 amide bonds. The lowest BCUT2D eigenvalue weighted by molar-refractivity contribution is -0.163. The molecule has 0 atom stereocenters. The van der Waals surface area contributed by atoms with Crippen LogP contribution in [-0.2, 0) is 9.63 Å². The molecule has 0 unspecified atom stereocenters. The van der Waals surface area contributed by atoms with E-state index in [9.17, 15) is 4.79 Å². The van der Waals surface area contributed by atoms with Crippen molar-refractivity contribution in [1.29, 1.82) is 0 Å². The van der Waals surface area contributed by atoms with E-state index in [0.717, 1.165) is 12.8 Å². The van der Waals surface area contributed by atoms with Crippen LogP contribution in [0.5, 0.6) is 0 Å². The summed E-state index contributed by atoms with van der Waals surface area (Å²) in [4.78, 5) is 16.5. The molecule has 90 valence electrons. The summed E-state index contributed by atoms with van der Waals surface area (Å²) in [7, 11) is 0. The minimum Gasteiger partial charge on any atom is -0.370 e. The Bertz CT molecular complexity index is 193. The second kappa shape index (κ2) is 6.08. The van der Waals surface area contributed by atoms with Gasteiger partial charge in [-0.15, -0.1) is 0 Å². The first kappa shape index (κ1) is 14.4.